The number of ketones is 1. The van der Waals surface area contributed by atoms with Gasteiger partial charge in [0.05, 0.1) is 11.4 Å². The van der Waals surface area contributed by atoms with Crippen molar-refractivity contribution in [3.63, 3.8) is 0 Å². The number of nitrogens with one attached hydrogen (secondary N) is 1. The molecule has 1 rings (SSSR count). The summed E-state index contributed by atoms with van der Waals surface area (Å²) in [6.07, 6.45) is 0. The number of hydrogen-bond acceptors (Lipinski definition) is 5. The van der Waals surface area contributed by atoms with Crippen LogP contribution >= 0.6 is 11.8 Å². The lowest BCUT2D eigenvalue weighted by atomic mass is 10.1. The molecule has 7 heteroatoms. The summed E-state index contributed by atoms with van der Waals surface area (Å²) in [4.78, 5) is 33.6. The van der Waals surface area contributed by atoms with Crippen LogP contribution in [0.4, 0.5) is 5.69 Å². The van der Waals surface area contributed by atoms with Crippen molar-refractivity contribution in [1.82, 2.24) is 0 Å². The SMILES string of the molecule is CC(=O)c1ccccc1NC(=O)CSC[C@H](N)C(=O)O. The molecular formula is C13H16N2O4S. The van der Waals surface area contributed by atoms with Crippen molar-refractivity contribution in [3.05, 3.63) is 29.8 Å². The molecule has 0 aliphatic heterocycles. The normalized spacial score (nSPS) is 11.7. The van der Waals surface area contributed by atoms with Gasteiger partial charge in [-0.25, -0.2) is 0 Å². The third-order valence-corrected chi connectivity index (χ3v) is 3.49. The molecule has 0 fully saturated rings. The highest BCUT2D eigenvalue weighted by Crippen LogP contribution is 2.16. The number of carboxylic acids is 1. The number of aliphatic carboxylic acids is 1. The van der Waals surface area contributed by atoms with Crippen molar-refractivity contribution in [2.45, 2.75) is 13.0 Å². The third-order valence-electron chi connectivity index (χ3n) is 2.43. The zero-order valence-corrected chi connectivity index (χ0v) is 11.8. The van der Waals surface area contributed by atoms with E-state index in [2.05, 4.69) is 5.32 Å². The Morgan fingerprint density at radius 3 is 2.60 bits per heavy atom. The number of Topliss-reactive ketones (excluding diaryl/α,β-unsaturated/α-hetero) is 1. The van der Waals surface area contributed by atoms with Gasteiger partial charge in [-0.05, 0) is 19.1 Å². The van der Waals surface area contributed by atoms with E-state index in [1.54, 1.807) is 24.3 Å². The molecule has 0 radical (unpaired) electrons. The molecule has 0 saturated carbocycles. The fourth-order valence-electron chi connectivity index (χ4n) is 1.44. The van der Waals surface area contributed by atoms with Crippen molar-refractivity contribution in [2.75, 3.05) is 16.8 Å². The lowest BCUT2D eigenvalue weighted by molar-refractivity contribution is -0.137. The number of benzene rings is 1. The molecule has 0 aliphatic rings. The Morgan fingerprint density at radius 1 is 1.35 bits per heavy atom. The predicted molar refractivity (Wildman–Crippen MR) is 78.0 cm³/mol. The van der Waals surface area contributed by atoms with Gasteiger partial charge in [-0.2, -0.15) is 0 Å². The van der Waals surface area contributed by atoms with Gasteiger partial charge < -0.3 is 16.2 Å². The maximum atomic E-state index is 11.7. The Kier molecular flexibility index (Phi) is 6.20. The van der Waals surface area contributed by atoms with Crippen LogP contribution in [0.3, 0.4) is 0 Å². The standard InChI is InChI=1S/C13H16N2O4S/c1-8(16)9-4-2-3-5-11(9)15-12(17)7-20-6-10(14)13(18)19/h2-5,10H,6-7,14H2,1H3,(H,15,17)(H,18,19)/t10-/m0/s1. The molecule has 1 aromatic rings. The lowest BCUT2D eigenvalue weighted by Gasteiger charge is -2.09. The van der Waals surface area contributed by atoms with Crippen molar-refractivity contribution >= 4 is 35.1 Å². The maximum absolute atomic E-state index is 11.7. The third kappa shape index (κ3) is 5.02. The smallest absolute Gasteiger partial charge is 0.321 e. The number of rotatable bonds is 7. The van der Waals surface area contributed by atoms with Crippen LogP contribution in [0, 0.1) is 0 Å². The summed E-state index contributed by atoms with van der Waals surface area (Å²) in [5.41, 5.74) is 6.21. The summed E-state index contributed by atoms with van der Waals surface area (Å²) >= 11 is 1.13. The van der Waals surface area contributed by atoms with E-state index >= 15 is 0 Å². The zero-order valence-electron chi connectivity index (χ0n) is 11.0. The molecule has 20 heavy (non-hydrogen) atoms. The van der Waals surface area contributed by atoms with E-state index in [0.29, 0.717) is 11.3 Å². The summed E-state index contributed by atoms with van der Waals surface area (Å²) in [5, 5.41) is 11.2. The van der Waals surface area contributed by atoms with Crippen LogP contribution in [-0.4, -0.2) is 40.3 Å². The molecule has 4 N–H and O–H groups in total. The number of thioether (sulfide) groups is 1. The van der Waals surface area contributed by atoms with Crippen LogP contribution in [0.25, 0.3) is 0 Å². The Labute approximate surface area is 120 Å². The molecule has 0 heterocycles. The minimum absolute atomic E-state index is 0.0766. The van der Waals surface area contributed by atoms with Crippen LogP contribution in [0.2, 0.25) is 0 Å². The van der Waals surface area contributed by atoms with Crippen LogP contribution in [-0.2, 0) is 9.59 Å². The van der Waals surface area contributed by atoms with E-state index in [9.17, 15) is 14.4 Å². The van der Waals surface area contributed by atoms with Crippen molar-refractivity contribution in [1.29, 1.82) is 0 Å². The van der Waals surface area contributed by atoms with Gasteiger partial charge in [0.15, 0.2) is 5.78 Å². The molecule has 0 aromatic heterocycles. The van der Waals surface area contributed by atoms with E-state index in [1.807, 2.05) is 0 Å². The topological polar surface area (TPSA) is 109 Å². The second kappa shape index (κ2) is 7.66. The second-order valence-corrected chi connectivity index (χ2v) is 5.14. The summed E-state index contributed by atoms with van der Waals surface area (Å²) in [5.74, 6) is -1.31. The molecule has 6 nitrogen and oxygen atoms in total. The average Bonchev–Trinajstić information content (AvgIpc) is 2.38. The van der Waals surface area contributed by atoms with Gasteiger partial charge in [0.1, 0.15) is 6.04 Å². The molecule has 0 bridgehead atoms. The fourth-order valence-corrected chi connectivity index (χ4v) is 2.21. The minimum Gasteiger partial charge on any atom is -0.480 e. The number of hydrogen-bond donors (Lipinski definition) is 3. The first-order chi connectivity index (χ1) is 9.41. The number of anilines is 1. The van der Waals surface area contributed by atoms with E-state index in [-0.39, 0.29) is 23.2 Å². The van der Waals surface area contributed by atoms with Gasteiger partial charge in [-0.15, -0.1) is 11.8 Å². The Morgan fingerprint density at radius 2 is 2.00 bits per heavy atom. The molecule has 0 aliphatic carbocycles. The summed E-state index contributed by atoms with van der Waals surface area (Å²) in [6.45, 7) is 1.42. The molecule has 1 amide bonds. The van der Waals surface area contributed by atoms with Crippen LogP contribution in [0.15, 0.2) is 24.3 Å². The van der Waals surface area contributed by atoms with Gasteiger partial charge in [0, 0.05) is 11.3 Å². The molecule has 0 saturated heterocycles. The highest BCUT2D eigenvalue weighted by atomic mass is 32.2. The zero-order chi connectivity index (χ0) is 15.1. The van der Waals surface area contributed by atoms with Crippen LogP contribution in [0.5, 0.6) is 0 Å². The van der Waals surface area contributed by atoms with E-state index in [4.69, 9.17) is 10.8 Å². The lowest BCUT2D eigenvalue weighted by Crippen LogP contribution is -2.33. The van der Waals surface area contributed by atoms with Crippen LogP contribution in [0.1, 0.15) is 17.3 Å². The largest absolute Gasteiger partial charge is 0.480 e. The molecular weight excluding hydrogens is 280 g/mol. The first-order valence-corrected chi connectivity index (χ1v) is 7.03. The quantitative estimate of drug-likeness (QED) is 0.647. The maximum Gasteiger partial charge on any atom is 0.321 e. The van der Waals surface area contributed by atoms with Crippen molar-refractivity contribution in [2.24, 2.45) is 5.73 Å². The number of nitrogens with two attached hydrogens (primary N) is 1. The molecule has 1 atom stereocenters. The summed E-state index contributed by atoms with van der Waals surface area (Å²) in [7, 11) is 0. The van der Waals surface area contributed by atoms with Gasteiger partial charge in [-0.3, -0.25) is 14.4 Å². The van der Waals surface area contributed by atoms with Gasteiger partial charge >= 0.3 is 5.97 Å². The van der Waals surface area contributed by atoms with Crippen LogP contribution < -0.4 is 11.1 Å². The highest BCUT2D eigenvalue weighted by molar-refractivity contribution is 8.00. The van der Waals surface area contributed by atoms with E-state index in [0.717, 1.165) is 11.8 Å². The number of amides is 1. The van der Waals surface area contributed by atoms with E-state index in [1.165, 1.54) is 6.92 Å². The minimum atomic E-state index is -1.10. The van der Waals surface area contributed by atoms with Gasteiger partial charge in [-0.1, -0.05) is 12.1 Å². The number of carbonyl (C=O) groups excluding carboxylic acids is 2. The monoisotopic (exact) mass is 296 g/mol. The van der Waals surface area contributed by atoms with E-state index < -0.39 is 12.0 Å². The fraction of sp³-hybridized carbons (Fsp3) is 0.308. The Balaban J connectivity index is 2.51. The summed E-state index contributed by atoms with van der Waals surface area (Å²) in [6, 6.07) is 5.72. The first-order valence-electron chi connectivity index (χ1n) is 5.87. The second-order valence-electron chi connectivity index (χ2n) is 4.11. The van der Waals surface area contributed by atoms with Crippen molar-refractivity contribution < 1.29 is 19.5 Å². The number of carboxylic acid groups (broad SMARTS) is 1. The first kappa shape index (κ1) is 16.2. The average molecular weight is 296 g/mol. The molecule has 0 unspecified atom stereocenters. The molecule has 0 spiro atoms. The van der Waals surface area contributed by atoms with Gasteiger partial charge in [0.2, 0.25) is 5.91 Å². The molecule has 1 aromatic carbocycles. The number of carbonyl (C=O) groups is 3. The van der Waals surface area contributed by atoms with Crippen molar-refractivity contribution in [3.8, 4) is 0 Å². The van der Waals surface area contributed by atoms with Gasteiger partial charge in [0.25, 0.3) is 0 Å². The summed E-state index contributed by atoms with van der Waals surface area (Å²) < 4.78 is 0. The Bertz CT molecular complexity index is 519. The Hall–Kier alpha value is -1.86. The molecule has 108 valence electrons. The predicted octanol–water partition coefficient (Wildman–Crippen LogP) is 0.973. The number of para-hydroxylation sites is 1. The highest BCUT2D eigenvalue weighted by Gasteiger charge is 2.13.